The van der Waals surface area contributed by atoms with Gasteiger partial charge in [-0.05, 0) is 43.9 Å². The van der Waals surface area contributed by atoms with Crippen LogP contribution in [0, 0.1) is 6.92 Å². The predicted octanol–water partition coefficient (Wildman–Crippen LogP) is 1.35. The minimum Gasteiger partial charge on any atom is -0.492 e. The highest BCUT2D eigenvalue weighted by atomic mass is 16.5. The molecule has 3 aliphatic rings. The maximum atomic E-state index is 13.3. The average molecular weight is 623 g/mol. The third kappa shape index (κ3) is 7.41. The van der Waals surface area contributed by atoms with Crippen LogP contribution < -0.4 is 31.4 Å². The number of aliphatic hydroxyl groups is 1. The van der Waals surface area contributed by atoms with E-state index in [2.05, 4.69) is 46.4 Å². The van der Waals surface area contributed by atoms with Crippen molar-refractivity contribution < 1.29 is 24.4 Å². The molecule has 2 fully saturated rings. The molecule has 11 nitrogen and oxygen atoms in total. The molecule has 0 aliphatic carbocycles. The highest BCUT2D eigenvalue weighted by molar-refractivity contribution is 5.98. The van der Waals surface area contributed by atoms with Gasteiger partial charge in [-0.15, -0.1) is 0 Å². The molecule has 2 amide bonds. The highest BCUT2D eigenvalue weighted by Gasteiger charge is 2.58. The number of aliphatic hydroxyl groups excluding tert-OH is 1. The number of aromatic nitrogens is 1. The van der Waals surface area contributed by atoms with Gasteiger partial charge in [0, 0.05) is 43.0 Å². The topological polar surface area (TPSA) is 156 Å². The summed E-state index contributed by atoms with van der Waals surface area (Å²) < 4.78 is 5.92. The van der Waals surface area contributed by atoms with E-state index in [1.165, 1.54) is 0 Å². The fourth-order valence-electron chi connectivity index (χ4n) is 6.05. The van der Waals surface area contributed by atoms with Crippen LogP contribution in [0.3, 0.4) is 0 Å². The lowest BCUT2D eigenvalue weighted by Crippen LogP contribution is -2.92. The van der Waals surface area contributed by atoms with Crippen molar-refractivity contribution in [1.82, 2.24) is 25.8 Å². The summed E-state index contributed by atoms with van der Waals surface area (Å²) in [4.78, 5) is 33.7. The van der Waals surface area contributed by atoms with Crippen molar-refractivity contribution in [3.05, 3.63) is 71.3 Å². The standard InChI is InChI=1S/C24H35N5O3.C8H10N2O.C2H6/c1-6-19(25)28-18-12-26-14(2)29-13-17(21(30)24(18,29)5)27-22(31)15-8-7-9-16-20(15)32-11-10-23(16,3)4;1-6-5-7(3-4-10-6)8(11)9-2;1-2/h7-9,17-18,21,26,30H,2,6,10-13H2,1,3-5H3,(H2,25,28)(H,27,31);3-5H,1-2H3,(H,9,11);1-2H3/p+1/t17?,18-,21+,24?;;/m0../s1. The van der Waals surface area contributed by atoms with E-state index in [1.54, 1.807) is 31.4 Å². The third-order valence-corrected chi connectivity index (χ3v) is 8.89. The number of nitrogens with one attached hydrogen (secondary N) is 4. The Bertz CT molecular complexity index is 1410. The van der Waals surface area contributed by atoms with E-state index in [-0.39, 0.29) is 23.3 Å². The first-order valence-electron chi connectivity index (χ1n) is 15.8. The Morgan fingerprint density at radius 3 is 2.60 bits per heavy atom. The van der Waals surface area contributed by atoms with Gasteiger partial charge in [-0.3, -0.25) is 25.3 Å². The quantitative estimate of drug-likeness (QED) is 0.216. The Labute approximate surface area is 267 Å². The summed E-state index contributed by atoms with van der Waals surface area (Å²) in [6, 6.07) is 8.53. The van der Waals surface area contributed by atoms with Gasteiger partial charge in [-0.2, -0.15) is 0 Å². The Kier molecular flexibility index (Phi) is 11.6. The van der Waals surface area contributed by atoms with Crippen LogP contribution >= 0.6 is 0 Å². The van der Waals surface area contributed by atoms with E-state index in [9.17, 15) is 14.7 Å². The minimum absolute atomic E-state index is 0.0527. The van der Waals surface area contributed by atoms with Crippen molar-refractivity contribution in [3.8, 4) is 5.75 Å². The zero-order chi connectivity index (χ0) is 33.5. The van der Waals surface area contributed by atoms with Crippen LogP contribution in [0.15, 0.2) is 48.9 Å². The van der Waals surface area contributed by atoms with E-state index in [4.69, 9.17) is 10.5 Å². The number of benzene rings is 1. The van der Waals surface area contributed by atoms with Crippen molar-refractivity contribution in [2.75, 3.05) is 26.7 Å². The molecule has 0 saturated carbocycles. The zero-order valence-electron chi connectivity index (χ0n) is 28.1. The number of rotatable bonds is 5. The number of fused-ring (bicyclic) bond motifs is 2. The fourth-order valence-corrected chi connectivity index (χ4v) is 6.05. The van der Waals surface area contributed by atoms with Gasteiger partial charge in [0.25, 0.3) is 11.8 Å². The molecule has 5 rings (SSSR count). The van der Waals surface area contributed by atoms with Crippen molar-refractivity contribution in [2.24, 2.45) is 5.73 Å². The summed E-state index contributed by atoms with van der Waals surface area (Å²) in [6.45, 7) is 19.9. The van der Waals surface area contributed by atoms with E-state index in [0.717, 1.165) is 23.5 Å². The van der Waals surface area contributed by atoms with Gasteiger partial charge < -0.3 is 30.7 Å². The van der Waals surface area contributed by atoms with Crippen LogP contribution in [0.4, 0.5) is 0 Å². The summed E-state index contributed by atoms with van der Waals surface area (Å²) in [7, 11) is 1.61. The molecule has 4 heterocycles. The van der Waals surface area contributed by atoms with Crippen LogP contribution in [0.2, 0.25) is 0 Å². The molecule has 246 valence electrons. The van der Waals surface area contributed by atoms with Gasteiger partial charge in [0.15, 0.2) is 0 Å². The molecule has 2 aromatic rings. The van der Waals surface area contributed by atoms with Crippen molar-refractivity contribution in [3.63, 3.8) is 0 Å². The molecule has 1 aromatic heterocycles. The lowest BCUT2D eigenvalue weighted by molar-refractivity contribution is -0.525. The number of pyridine rings is 1. The number of amides is 2. The van der Waals surface area contributed by atoms with Crippen molar-refractivity contribution in [1.29, 1.82) is 0 Å². The number of aryl methyl sites for hydroxylation is 1. The molecule has 4 atom stereocenters. The summed E-state index contributed by atoms with van der Waals surface area (Å²) in [5, 5.41) is 20.3. The first kappa shape index (κ1) is 35.4. The maximum absolute atomic E-state index is 13.3. The van der Waals surface area contributed by atoms with Crippen LogP contribution in [0.25, 0.3) is 0 Å². The van der Waals surface area contributed by atoms with Crippen molar-refractivity contribution in [2.45, 2.75) is 90.4 Å². The molecule has 0 bridgehead atoms. The molecular weight excluding hydrogens is 570 g/mol. The molecule has 2 saturated heterocycles. The fraction of sp³-hybridized carbons (Fsp3) is 0.529. The number of nitrogens with two attached hydrogens (primary N) is 1. The zero-order valence-corrected chi connectivity index (χ0v) is 28.1. The second kappa shape index (κ2) is 14.8. The summed E-state index contributed by atoms with van der Waals surface area (Å²) in [5.41, 5.74) is 8.41. The van der Waals surface area contributed by atoms with E-state index < -0.39 is 17.7 Å². The van der Waals surface area contributed by atoms with E-state index in [0.29, 0.717) is 48.8 Å². The van der Waals surface area contributed by atoms with Gasteiger partial charge in [0.05, 0.1) is 30.6 Å². The number of para-hydroxylation sites is 1. The van der Waals surface area contributed by atoms with Gasteiger partial charge in [-0.1, -0.05) is 53.3 Å². The van der Waals surface area contributed by atoms with Crippen LogP contribution in [0.1, 0.15) is 86.4 Å². The van der Waals surface area contributed by atoms with Crippen LogP contribution in [-0.2, 0) is 5.41 Å². The number of nitrogens with zero attached hydrogens (tertiary/aromatic N) is 2. The predicted molar refractivity (Wildman–Crippen MR) is 177 cm³/mol. The number of ether oxygens (including phenoxy) is 1. The molecular formula is C34H52N7O4+. The summed E-state index contributed by atoms with van der Waals surface area (Å²) in [5.74, 6) is 1.73. The smallest absolute Gasteiger partial charge is 0.255 e. The number of carbonyl (C=O) groups is 2. The maximum Gasteiger partial charge on any atom is 0.255 e. The first-order valence-corrected chi connectivity index (χ1v) is 15.8. The Morgan fingerprint density at radius 1 is 1.24 bits per heavy atom. The third-order valence-electron chi connectivity index (χ3n) is 8.89. The second-order valence-electron chi connectivity index (χ2n) is 12.2. The molecule has 11 heteroatoms. The molecule has 0 spiro atoms. The number of hydrogen-bond donors (Lipinski definition) is 6. The first-order chi connectivity index (χ1) is 21.3. The largest absolute Gasteiger partial charge is 0.492 e. The molecule has 7 N–H and O–H groups in total. The van der Waals surface area contributed by atoms with Gasteiger partial charge in [0.2, 0.25) is 5.84 Å². The van der Waals surface area contributed by atoms with Gasteiger partial charge in [0.1, 0.15) is 23.4 Å². The normalized spacial score (nSPS) is 24.6. The van der Waals surface area contributed by atoms with E-state index >= 15 is 0 Å². The van der Waals surface area contributed by atoms with Gasteiger partial charge in [-0.25, -0.2) is 0 Å². The van der Waals surface area contributed by atoms with Crippen LogP contribution in [0.5, 0.6) is 5.75 Å². The molecule has 1 aromatic carbocycles. The van der Waals surface area contributed by atoms with E-state index in [1.807, 2.05) is 51.7 Å². The lowest BCUT2D eigenvalue weighted by Gasteiger charge is -2.46. The highest BCUT2D eigenvalue weighted by Crippen LogP contribution is 2.41. The number of carbonyl (C=O) groups excluding carboxylic acids is 2. The second-order valence-corrected chi connectivity index (χ2v) is 12.2. The van der Waals surface area contributed by atoms with Crippen LogP contribution in [-0.4, -0.2) is 83.1 Å². The lowest BCUT2D eigenvalue weighted by atomic mass is 9.79. The number of hydrogen-bond acceptors (Lipinski definition) is 7. The Balaban J connectivity index is 0.000000357. The minimum atomic E-state index is -0.815. The number of amidine groups is 1. The monoisotopic (exact) mass is 622 g/mol. The molecule has 2 unspecified atom stereocenters. The summed E-state index contributed by atoms with van der Waals surface area (Å²) >= 11 is 0. The molecule has 0 radical (unpaired) electrons. The van der Waals surface area contributed by atoms with Crippen molar-refractivity contribution >= 4 is 17.6 Å². The average Bonchev–Trinajstić information content (AvgIpc) is 3.29. The summed E-state index contributed by atoms with van der Waals surface area (Å²) in [6.07, 6.45) is 2.41. The molecule has 45 heavy (non-hydrogen) atoms. The Morgan fingerprint density at radius 2 is 1.96 bits per heavy atom. The molecule has 3 aliphatic heterocycles. The van der Waals surface area contributed by atoms with Gasteiger partial charge >= 0.3 is 0 Å². The Hall–Kier alpha value is -4.12. The SMILES string of the molecule is C=C1NC[C@H]([NH+]=C(N)CC)C2(C)[C@H](O)C(NC(=O)c3cccc4c3OCCC4(C)C)CN12.CC.CNC(=O)c1ccnc(C)c1.